The second kappa shape index (κ2) is 13.6. The number of nitrogens with zero attached hydrogens (tertiary/aromatic N) is 1. The number of ketones is 1. The van der Waals surface area contributed by atoms with Crippen LogP contribution in [0, 0.1) is 5.92 Å². The number of ether oxygens (including phenoxy) is 2. The summed E-state index contributed by atoms with van der Waals surface area (Å²) < 4.78 is 10.7. The smallest absolute Gasteiger partial charge is 0.243 e. The molecule has 1 aromatic carbocycles. The zero-order valence-electron chi connectivity index (χ0n) is 24.7. The highest BCUT2D eigenvalue weighted by molar-refractivity contribution is 5.98. The van der Waals surface area contributed by atoms with E-state index < -0.39 is 35.5 Å². The number of carbonyl (C=O) groups excluding carboxylic acids is 4. The molecule has 10 nitrogen and oxygen atoms in total. The van der Waals surface area contributed by atoms with Crippen LogP contribution in [0.1, 0.15) is 57.9 Å². The Morgan fingerprint density at radius 2 is 1.76 bits per heavy atom. The molecule has 2 heterocycles. The highest BCUT2D eigenvalue weighted by Crippen LogP contribution is 2.31. The van der Waals surface area contributed by atoms with E-state index in [0.29, 0.717) is 25.3 Å². The normalized spacial score (nSPS) is 24.4. The molecular weight excluding hydrogens is 524 g/mol. The van der Waals surface area contributed by atoms with Gasteiger partial charge in [0.2, 0.25) is 17.7 Å². The largest absolute Gasteiger partial charge is 0.497 e. The number of hydrogen-bond acceptors (Lipinski definition) is 7. The second-order valence-electron chi connectivity index (χ2n) is 11.8. The lowest BCUT2D eigenvalue weighted by atomic mass is 9.94. The molecule has 4 rings (SSSR count). The number of allylic oxidation sites excluding steroid dienone is 1. The van der Waals surface area contributed by atoms with E-state index in [4.69, 9.17) is 9.47 Å². The van der Waals surface area contributed by atoms with Crippen LogP contribution in [0.4, 0.5) is 0 Å². The van der Waals surface area contributed by atoms with Crippen LogP contribution in [-0.4, -0.2) is 86.0 Å². The van der Waals surface area contributed by atoms with Crippen molar-refractivity contribution in [2.75, 3.05) is 33.9 Å². The van der Waals surface area contributed by atoms with Gasteiger partial charge in [0, 0.05) is 13.0 Å². The summed E-state index contributed by atoms with van der Waals surface area (Å²) in [6.07, 6.45) is 7.37. The summed E-state index contributed by atoms with van der Waals surface area (Å²) in [4.78, 5) is 55.3. The van der Waals surface area contributed by atoms with Gasteiger partial charge in [-0.15, -0.1) is 0 Å². The van der Waals surface area contributed by atoms with E-state index in [1.807, 2.05) is 19.2 Å². The third kappa shape index (κ3) is 8.39. The number of piperidine rings is 1. The number of Topliss-reactive ketones (excluding diaryl/α,β-unsaturated/α-hetero) is 1. The highest BCUT2D eigenvalue weighted by atomic mass is 16.6. The summed E-state index contributed by atoms with van der Waals surface area (Å²) in [6, 6.07) is 4.70. The summed E-state index contributed by atoms with van der Waals surface area (Å²) >= 11 is 0. The topological polar surface area (TPSA) is 129 Å². The Labute approximate surface area is 242 Å². The molecule has 10 heteroatoms. The van der Waals surface area contributed by atoms with Gasteiger partial charge in [-0.05, 0) is 83.7 Å². The quantitative estimate of drug-likeness (QED) is 0.245. The lowest BCUT2D eigenvalue weighted by Gasteiger charge is -2.30. The van der Waals surface area contributed by atoms with Crippen LogP contribution in [0.3, 0.4) is 0 Å². The summed E-state index contributed by atoms with van der Waals surface area (Å²) in [5.41, 5.74) is 1.07. The second-order valence-corrected chi connectivity index (χ2v) is 11.8. The van der Waals surface area contributed by atoms with E-state index in [1.54, 1.807) is 33.1 Å². The fourth-order valence-electron chi connectivity index (χ4n) is 5.57. The number of amides is 3. The molecule has 1 aliphatic carbocycles. The van der Waals surface area contributed by atoms with Crippen LogP contribution in [0.2, 0.25) is 0 Å². The van der Waals surface area contributed by atoms with Gasteiger partial charge in [0.05, 0.1) is 25.7 Å². The number of epoxide rings is 1. The summed E-state index contributed by atoms with van der Waals surface area (Å²) in [7, 11) is 3.56. The van der Waals surface area contributed by atoms with Gasteiger partial charge in [0.15, 0.2) is 5.78 Å². The third-order valence-corrected chi connectivity index (χ3v) is 8.31. The fourth-order valence-corrected chi connectivity index (χ4v) is 5.57. The molecule has 5 atom stereocenters. The molecule has 2 fully saturated rings. The van der Waals surface area contributed by atoms with Gasteiger partial charge in [-0.2, -0.15) is 0 Å². The average molecular weight is 569 g/mol. The standard InChI is InChI=1S/C31H44N4O6/c1-20(32-29(38)23-10-7-15-35(3)18-23)28(37)34-26(17-22-11-13-24(40-4)14-12-22)30(39)33-25(16-21-8-5-6-9-21)27(36)31(2)19-41-31/h8,11-14,20,23,25-26H,5-7,9-10,15-19H2,1-4H3,(H,32,38)(H,33,39)(H,34,37)/t20-,23-,25+,26+,31+/m1/s1. The Bertz CT molecular complexity index is 1150. The molecule has 1 aromatic rings. The predicted molar refractivity (Wildman–Crippen MR) is 154 cm³/mol. The summed E-state index contributed by atoms with van der Waals surface area (Å²) in [6.45, 7) is 5.29. The fraction of sp³-hybridized carbons (Fsp3) is 0.613. The lowest BCUT2D eigenvalue weighted by Crippen LogP contribution is -2.57. The van der Waals surface area contributed by atoms with Crippen LogP contribution in [0.5, 0.6) is 5.75 Å². The predicted octanol–water partition coefficient (Wildman–Crippen LogP) is 1.91. The maximum Gasteiger partial charge on any atom is 0.243 e. The zero-order valence-corrected chi connectivity index (χ0v) is 24.7. The Morgan fingerprint density at radius 3 is 2.37 bits per heavy atom. The minimum Gasteiger partial charge on any atom is -0.497 e. The van der Waals surface area contributed by atoms with E-state index in [2.05, 4.69) is 26.9 Å². The van der Waals surface area contributed by atoms with Gasteiger partial charge < -0.3 is 30.3 Å². The molecule has 0 aromatic heterocycles. The van der Waals surface area contributed by atoms with Crippen LogP contribution >= 0.6 is 0 Å². The molecule has 224 valence electrons. The average Bonchev–Trinajstić information content (AvgIpc) is 3.50. The van der Waals surface area contributed by atoms with E-state index in [-0.39, 0.29) is 24.0 Å². The molecule has 0 radical (unpaired) electrons. The number of hydrogen-bond donors (Lipinski definition) is 3. The highest BCUT2D eigenvalue weighted by Gasteiger charge is 2.50. The number of benzene rings is 1. The molecular formula is C31H44N4O6. The van der Waals surface area contributed by atoms with Gasteiger partial charge in [0.1, 0.15) is 23.4 Å². The van der Waals surface area contributed by atoms with Crippen molar-refractivity contribution in [2.45, 2.75) is 82.5 Å². The first-order chi connectivity index (χ1) is 19.6. The van der Waals surface area contributed by atoms with Crippen molar-refractivity contribution in [1.29, 1.82) is 0 Å². The van der Waals surface area contributed by atoms with Crippen molar-refractivity contribution in [1.82, 2.24) is 20.9 Å². The molecule has 2 saturated heterocycles. The van der Waals surface area contributed by atoms with E-state index in [9.17, 15) is 19.2 Å². The Morgan fingerprint density at radius 1 is 1.05 bits per heavy atom. The third-order valence-electron chi connectivity index (χ3n) is 8.31. The SMILES string of the molecule is COc1ccc(C[C@H](NC(=O)[C@@H](C)NC(=O)[C@@H]2CCCN(C)C2)C(=O)N[C@@H](CC2=CCCC2)C(=O)[C@]2(C)CO2)cc1. The molecule has 0 bridgehead atoms. The van der Waals surface area contributed by atoms with Gasteiger partial charge in [-0.1, -0.05) is 23.8 Å². The van der Waals surface area contributed by atoms with Crippen LogP contribution < -0.4 is 20.7 Å². The summed E-state index contributed by atoms with van der Waals surface area (Å²) in [5.74, 6) is -0.741. The van der Waals surface area contributed by atoms with Crippen molar-refractivity contribution in [3.63, 3.8) is 0 Å². The van der Waals surface area contributed by atoms with Gasteiger partial charge in [-0.25, -0.2) is 0 Å². The van der Waals surface area contributed by atoms with Crippen molar-refractivity contribution >= 4 is 23.5 Å². The molecule has 3 N–H and O–H groups in total. The Hall–Kier alpha value is -3.24. The lowest BCUT2D eigenvalue weighted by molar-refractivity contribution is -0.134. The summed E-state index contributed by atoms with van der Waals surface area (Å²) in [5, 5.41) is 8.60. The first kappa shape index (κ1) is 30.7. The van der Waals surface area contributed by atoms with Crippen LogP contribution in [0.25, 0.3) is 0 Å². The van der Waals surface area contributed by atoms with Crippen molar-refractivity contribution in [3.8, 4) is 5.75 Å². The zero-order chi connectivity index (χ0) is 29.6. The molecule has 0 unspecified atom stereocenters. The number of methoxy groups -OCH3 is 1. The van der Waals surface area contributed by atoms with Crippen molar-refractivity contribution < 1.29 is 28.7 Å². The van der Waals surface area contributed by atoms with E-state index >= 15 is 0 Å². The van der Waals surface area contributed by atoms with E-state index in [1.165, 1.54) is 0 Å². The maximum absolute atomic E-state index is 13.7. The first-order valence-electron chi connectivity index (χ1n) is 14.7. The molecule has 41 heavy (non-hydrogen) atoms. The van der Waals surface area contributed by atoms with Crippen LogP contribution in [0.15, 0.2) is 35.9 Å². The minimum absolute atomic E-state index is 0.161. The molecule has 3 aliphatic rings. The monoisotopic (exact) mass is 568 g/mol. The van der Waals surface area contributed by atoms with Crippen molar-refractivity contribution in [2.24, 2.45) is 5.92 Å². The number of carbonyl (C=O) groups is 4. The van der Waals surface area contributed by atoms with E-state index in [0.717, 1.165) is 49.8 Å². The number of nitrogens with one attached hydrogen (secondary N) is 3. The maximum atomic E-state index is 13.7. The first-order valence-corrected chi connectivity index (χ1v) is 14.7. The van der Waals surface area contributed by atoms with Crippen molar-refractivity contribution in [3.05, 3.63) is 41.5 Å². The van der Waals surface area contributed by atoms with Crippen LogP contribution in [-0.2, 0) is 30.3 Å². The van der Waals surface area contributed by atoms with Gasteiger partial charge >= 0.3 is 0 Å². The number of likely N-dealkylation sites (tertiary alicyclic amines) is 1. The Balaban J connectivity index is 1.46. The molecule has 0 spiro atoms. The van der Waals surface area contributed by atoms with Gasteiger partial charge in [-0.3, -0.25) is 19.2 Å². The molecule has 0 saturated carbocycles. The number of rotatable bonds is 13. The molecule has 3 amide bonds. The van der Waals surface area contributed by atoms with Gasteiger partial charge in [0.25, 0.3) is 0 Å². The Kier molecular flexibility index (Phi) is 10.2. The minimum atomic E-state index is -0.961. The molecule has 2 aliphatic heterocycles.